The number of nitrogens with one attached hydrogen (secondary N) is 4. The third kappa shape index (κ3) is 4.61. The van der Waals surface area contributed by atoms with Crippen molar-refractivity contribution in [2.45, 2.75) is 4.90 Å². The molecule has 0 aliphatic carbocycles. The smallest absolute Gasteiger partial charge is 0.314 e. The fraction of sp³-hybridized carbons (Fsp3) is 0.273. The minimum Gasteiger partial charge on any atom is -0.506 e. The zero-order valence-corrected chi connectivity index (χ0v) is 12.2. The van der Waals surface area contributed by atoms with Gasteiger partial charge in [0.05, 0.1) is 17.1 Å². The molecule has 0 aromatic heterocycles. The van der Waals surface area contributed by atoms with E-state index in [-0.39, 0.29) is 22.9 Å². The van der Waals surface area contributed by atoms with Crippen LogP contribution < -0.4 is 20.7 Å². The summed E-state index contributed by atoms with van der Waals surface area (Å²) in [5.41, 5.74) is -0.0740. The molecule has 10 heteroatoms. The fourth-order valence-electron chi connectivity index (χ4n) is 1.34. The molecule has 0 heterocycles. The number of hydrogen-bond acceptors (Lipinski definition) is 5. The molecule has 0 radical (unpaired) electrons. The van der Waals surface area contributed by atoms with Gasteiger partial charge in [-0.1, -0.05) is 0 Å². The average molecular weight is 316 g/mol. The van der Waals surface area contributed by atoms with Crippen molar-refractivity contribution in [2.24, 2.45) is 0 Å². The van der Waals surface area contributed by atoms with Gasteiger partial charge in [0.15, 0.2) is 0 Å². The molecule has 21 heavy (non-hydrogen) atoms. The number of aromatic hydroxyl groups is 1. The third-order valence-corrected chi connectivity index (χ3v) is 3.87. The summed E-state index contributed by atoms with van der Waals surface area (Å²) < 4.78 is 25.4. The maximum Gasteiger partial charge on any atom is 0.314 e. The van der Waals surface area contributed by atoms with Crippen LogP contribution in [0.25, 0.3) is 0 Å². The standard InChI is InChI=1S/C11H16N4O5S/c1-12-11(18)14-6-10(17)15-8-5-7(3-4-9(8)16)21(19,20)13-2/h3-5,13,16H,6H2,1-2H3,(H,15,17)(H2,12,14,18). The Kier molecular flexibility index (Phi) is 5.50. The number of urea groups is 1. The van der Waals surface area contributed by atoms with Crippen LogP contribution in [0.15, 0.2) is 23.1 Å². The van der Waals surface area contributed by atoms with Crippen LogP contribution in [-0.4, -0.2) is 46.1 Å². The van der Waals surface area contributed by atoms with Gasteiger partial charge in [0.25, 0.3) is 0 Å². The van der Waals surface area contributed by atoms with Gasteiger partial charge in [-0.05, 0) is 25.2 Å². The lowest BCUT2D eigenvalue weighted by molar-refractivity contribution is -0.115. The molecule has 1 rings (SSSR count). The van der Waals surface area contributed by atoms with Crippen LogP contribution in [0.1, 0.15) is 0 Å². The Bertz CT molecular complexity index is 644. The molecular weight excluding hydrogens is 300 g/mol. The molecule has 0 aliphatic heterocycles. The number of sulfonamides is 1. The first-order chi connectivity index (χ1) is 9.80. The summed E-state index contributed by atoms with van der Waals surface area (Å²) >= 11 is 0. The largest absolute Gasteiger partial charge is 0.506 e. The second-order valence-electron chi connectivity index (χ2n) is 3.87. The van der Waals surface area contributed by atoms with Crippen LogP contribution in [-0.2, 0) is 14.8 Å². The molecule has 1 aromatic carbocycles. The van der Waals surface area contributed by atoms with Crippen molar-refractivity contribution in [1.29, 1.82) is 0 Å². The van der Waals surface area contributed by atoms with Gasteiger partial charge >= 0.3 is 6.03 Å². The number of amides is 3. The number of carbonyl (C=O) groups excluding carboxylic acids is 2. The maximum absolute atomic E-state index is 11.6. The van der Waals surface area contributed by atoms with E-state index in [9.17, 15) is 23.1 Å². The Labute approximate surface area is 121 Å². The molecule has 0 saturated carbocycles. The van der Waals surface area contributed by atoms with Gasteiger partial charge in [-0.25, -0.2) is 17.9 Å². The number of rotatable bonds is 5. The molecule has 0 saturated heterocycles. The normalized spacial score (nSPS) is 10.8. The molecule has 1 aromatic rings. The first-order valence-corrected chi connectivity index (χ1v) is 7.30. The van der Waals surface area contributed by atoms with E-state index in [2.05, 4.69) is 20.7 Å². The second-order valence-corrected chi connectivity index (χ2v) is 5.75. The summed E-state index contributed by atoms with van der Waals surface area (Å²) in [5.74, 6) is -0.911. The number of phenolic OH excluding ortho intramolecular Hbond substituents is 1. The highest BCUT2D eigenvalue weighted by Crippen LogP contribution is 2.26. The van der Waals surface area contributed by atoms with E-state index in [0.29, 0.717) is 0 Å². The number of phenols is 1. The van der Waals surface area contributed by atoms with Gasteiger partial charge in [0.1, 0.15) is 5.75 Å². The number of benzene rings is 1. The topological polar surface area (TPSA) is 137 Å². The van der Waals surface area contributed by atoms with Crippen LogP contribution in [0.3, 0.4) is 0 Å². The first-order valence-electron chi connectivity index (χ1n) is 5.82. The molecule has 0 unspecified atom stereocenters. The van der Waals surface area contributed by atoms with Crippen molar-refractivity contribution in [3.8, 4) is 5.75 Å². The van der Waals surface area contributed by atoms with Crippen LogP contribution in [0, 0.1) is 0 Å². The van der Waals surface area contributed by atoms with E-state index >= 15 is 0 Å². The zero-order chi connectivity index (χ0) is 16.0. The fourth-order valence-corrected chi connectivity index (χ4v) is 2.10. The second kappa shape index (κ2) is 6.90. The molecule has 0 spiro atoms. The Balaban J connectivity index is 2.86. The van der Waals surface area contributed by atoms with Crippen molar-refractivity contribution < 1.29 is 23.1 Å². The van der Waals surface area contributed by atoms with Crippen LogP contribution in [0.5, 0.6) is 5.75 Å². The monoisotopic (exact) mass is 316 g/mol. The van der Waals surface area contributed by atoms with Gasteiger partial charge < -0.3 is 21.1 Å². The lowest BCUT2D eigenvalue weighted by Gasteiger charge is -2.10. The predicted molar refractivity (Wildman–Crippen MR) is 75.4 cm³/mol. The highest BCUT2D eigenvalue weighted by Gasteiger charge is 2.15. The lowest BCUT2D eigenvalue weighted by atomic mass is 10.3. The van der Waals surface area contributed by atoms with Gasteiger partial charge in [-0.15, -0.1) is 0 Å². The van der Waals surface area contributed by atoms with Crippen LogP contribution >= 0.6 is 0 Å². The molecule has 0 bridgehead atoms. The highest BCUT2D eigenvalue weighted by molar-refractivity contribution is 7.89. The zero-order valence-electron chi connectivity index (χ0n) is 11.4. The maximum atomic E-state index is 11.6. The number of carbonyl (C=O) groups is 2. The summed E-state index contributed by atoms with van der Waals surface area (Å²) in [6, 6.07) is 2.91. The molecule has 0 aliphatic rings. The van der Waals surface area contributed by atoms with E-state index in [0.717, 1.165) is 12.1 Å². The summed E-state index contributed by atoms with van der Waals surface area (Å²) in [5, 5.41) is 16.4. The Morgan fingerprint density at radius 2 is 1.90 bits per heavy atom. The van der Waals surface area contributed by atoms with Crippen molar-refractivity contribution >= 4 is 27.6 Å². The highest BCUT2D eigenvalue weighted by atomic mass is 32.2. The van der Waals surface area contributed by atoms with E-state index in [1.54, 1.807) is 0 Å². The van der Waals surface area contributed by atoms with Crippen LogP contribution in [0.4, 0.5) is 10.5 Å². The van der Waals surface area contributed by atoms with Gasteiger partial charge in [-0.3, -0.25) is 4.79 Å². The van der Waals surface area contributed by atoms with E-state index in [1.807, 2.05) is 0 Å². The molecule has 0 fully saturated rings. The molecule has 9 nitrogen and oxygen atoms in total. The summed E-state index contributed by atoms with van der Waals surface area (Å²) in [7, 11) is -1.06. The number of hydrogen-bond donors (Lipinski definition) is 5. The van der Waals surface area contributed by atoms with E-state index in [4.69, 9.17) is 0 Å². The molecule has 116 valence electrons. The van der Waals surface area contributed by atoms with Gasteiger partial charge in [0.2, 0.25) is 15.9 Å². The summed E-state index contributed by atoms with van der Waals surface area (Å²) in [6.07, 6.45) is 0. The summed E-state index contributed by atoms with van der Waals surface area (Å²) in [4.78, 5) is 22.4. The molecule has 5 N–H and O–H groups in total. The number of anilines is 1. The first kappa shape index (κ1) is 16.7. The summed E-state index contributed by atoms with van der Waals surface area (Å²) in [6.45, 7) is -0.331. The Morgan fingerprint density at radius 3 is 2.48 bits per heavy atom. The van der Waals surface area contributed by atoms with Gasteiger partial charge in [0, 0.05) is 7.05 Å². The SMILES string of the molecule is CNC(=O)NCC(=O)Nc1cc(S(=O)(=O)NC)ccc1O. The van der Waals surface area contributed by atoms with Gasteiger partial charge in [-0.2, -0.15) is 0 Å². The molecule has 0 atom stereocenters. The quantitative estimate of drug-likeness (QED) is 0.452. The minimum absolute atomic E-state index is 0.0740. The van der Waals surface area contributed by atoms with Crippen molar-refractivity contribution in [1.82, 2.24) is 15.4 Å². The third-order valence-electron chi connectivity index (χ3n) is 2.46. The lowest BCUT2D eigenvalue weighted by Crippen LogP contribution is -2.38. The molecular formula is C11H16N4O5S. The Morgan fingerprint density at radius 1 is 1.24 bits per heavy atom. The van der Waals surface area contributed by atoms with Crippen molar-refractivity contribution in [3.63, 3.8) is 0 Å². The molecule has 3 amide bonds. The van der Waals surface area contributed by atoms with Crippen molar-refractivity contribution in [3.05, 3.63) is 18.2 Å². The van der Waals surface area contributed by atoms with E-state index in [1.165, 1.54) is 20.2 Å². The van der Waals surface area contributed by atoms with Crippen molar-refractivity contribution in [2.75, 3.05) is 26.0 Å². The Hall–Kier alpha value is -2.33. The average Bonchev–Trinajstić information content (AvgIpc) is 2.46. The van der Waals surface area contributed by atoms with Crippen LogP contribution in [0.2, 0.25) is 0 Å². The van der Waals surface area contributed by atoms with E-state index < -0.39 is 22.0 Å². The predicted octanol–water partition coefficient (Wildman–Crippen LogP) is -0.832. The minimum atomic E-state index is -3.70.